The molecule has 0 unspecified atom stereocenters. The van der Waals surface area contributed by atoms with Crippen LogP contribution in [0.5, 0.6) is 0 Å². The van der Waals surface area contributed by atoms with Gasteiger partial charge in [-0.1, -0.05) is 35.3 Å². The molecule has 1 heterocycles. The molecule has 2 aromatic rings. The zero-order chi connectivity index (χ0) is 13.4. The van der Waals surface area contributed by atoms with Gasteiger partial charge in [0.05, 0.1) is 10.0 Å². The Morgan fingerprint density at radius 1 is 0.895 bits per heavy atom. The highest BCUT2D eigenvalue weighted by Crippen LogP contribution is 2.25. The van der Waals surface area contributed by atoms with Crippen LogP contribution in [-0.4, -0.2) is 5.78 Å². The van der Waals surface area contributed by atoms with Gasteiger partial charge in [-0.2, -0.15) is 0 Å². The largest absolute Gasteiger partial charge is 0.309 e. The van der Waals surface area contributed by atoms with Crippen molar-refractivity contribution in [2.75, 3.05) is 0 Å². The molecule has 1 aliphatic rings. The van der Waals surface area contributed by atoms with E-state index in [9.17, 15) is 4.79 Å². The van der Waals surface area contributed by atoms with E-state index in [1.807, 2.05) is 18.2 Å². The van der Waals surface area contributed by atoms with Crippen LogP contribution in [0.3, 0.4) is 0 Å². The number of benzene rings is 2. The number of hydrogen-bond acceptors (Lipinski definition) is 2. The maximum absolute atomic E-state index is 12.4. The Balaban J connectivity index is 1.97. The van der Waals surface area contributed by atoms with Gasteiger partial charge in [-0.25, -0.2) is 0 Å². The molecule has 0 spiro atoms. The average molecular weight is 292 g/mol. The summed E-state index contributed by atoms with van der Waals surface area (Å²) in [5.74, 6) is -0.0340. The van der Waals surface area contributed by atoms with E-state index < -0.39 is 0 Å². The summed E-state index contributed by atoms with van der Waals surface area (Å²) in [6, 6.07) is 10.8. The summed E-state index contributed by atoms with van der Waals surface area (Å²) in [6.07, 6.45) is 0. The summed E-state index contributed by atoms with van der Waals surface area (Å²) in [5.41, 5.74) is 3.68. The number of carbonyl (C=O) groups excluding carboxylic acids is 1. The van der Waals surface area contributed by atoms with Crippen molar-refractivity contribution in [2.24, 2.45) is 0 Å². The lowest BCUT2D eigenvalue weighted by molar-refractivity contribution is 0.103. The smallest absolute Gasteiger partial charge is 0.193 e. The fourth-order valence-electron chi connectivity index (χ4n) is 2.24. The van der Waals surface area contributed by atoms with Gasteiger partial charge in [0, 0.05) is 24.2 Å². The fourth-order valence-corrected chi connectivity index (χ4v) is 2.54. The molecule has 2 nitrogen and oxygen atoms in total. The number of hydrogen-bond donors (Lipinski definition) is 1. The highest BCUT2D eigenvalue weighted by atomic mass is 35.5. The first-order valence-corrected chi connectivity index (χ1v) is 6.73. The van der Waals surface area contributed by atoms with E-state index in [0.29, 0.717) is 21.2 Å². The molecule has 0 saturated carbocycles. The third-order valence-corrected chi connectivity index (χ3v) is 4.02. The van der Waals surface area contributed by atoms with Crippen LogP contribution >= 0.6 is 23.2 Å². The van der Waals surface area contributed by atoms with Crippen LogP contribution in [0.25, 0.3) is 0 Å². The van der Waals surface area contributed by atoms with E-state index >= 15 is 0 Å². The van der Waals surface area contributed by atoms with Gasteiger partial charge in [0.2, 0.25) is 0 Å². The second kappa shape index (κ2) is 4.97. The van der Waals surface area contributed by atoms with Gasteiger partial charge < -0.3 is 5.32 Å². The second-order valence-corrected chi connectivity index (χ2v) is 5.36. The van der Waals surface area contributed by atoms with Crippen LogP contribution in [0.2, 0.25) is 10.0 Å². The van der Waals surface area contributed by atoms with E-state index in [1.165, 1.54) is 11.1 Å². The molecule has 0 aromatic heterocycles. The van der Waals surface area contributed by atoms with E-state index in [1.54, 1.807) is 18.2 Å². The Labute approximate surface area is 121 Å². The molecule has 0 saturated heterocycles. The van der Waals surface area contributed by atoms with Crippen molar-refractivity contribution < 1.29 is 4.79 Å². The van der Waals surface area contributed by atoms with Crippen LogP contribution < -0.4 is 5.32 Å². The number of halogens is 2. The molecule has 1 N–H and O–H groups in total. The van der Waals surface area contributed by atoms with Crippen LogP contribution in [0, 0.1) is 0 Å². The normalized spacial score (nSPS) is 13.4. The standard InChI is InChI=1S/C15H11Cl2NO/c16-13-4-3-10(6-14(13)17)15(19)9-1-2-11-7-18-8-12(11)5-9/h1-6,18H,7-8H2. The Morgan fingerprint density at radius 2 is 1.58 bits per heavy atom. The lowest BCUT2D eigenvalue weighted by Gasteiger charge is -2.05. The van der Waals surface area contributed by atoms with Crippen molar-refractivity contribution in [1.82, 2.24) is 5.32 Å². The molecule has 0 amide bonds. The molecule has 2 aromatic carbocycles. The Hall–Kier alpha value is -1.35. The van der Waals surface area contributed by atoms with E-state index in [-0.39, 0.29) is 5.78 Å². The predicted molar refractivity (Wildman–Crippen MR) is 76.9 cm³/mol. The highest BCUT2D eigenvalue weighted by molar-refractivity contribution is 6.42. The van der Waals surface area contributed by atoms with Gasteiger partial charge in [0.25, 0.3) is 0 Å². The monoisotopic (exact) mass is 291 g/mol. The fraction of sp³-hybridized carbons (Fsp3) is 0.133. The molecule has 19 heavy (non-hydrogen) atoms. The summed E-state index contributed by atoms with van der Waals surface area (Å²) < 4.78 is 0. The number of carbonyl (C=O) groups is 1. The maximum Gasteiger partial charge on any atom is 0.193 e. The zero-order valence-corrected chi connectivity index (χ0v) is 11.6. The van der Waals surface area contributed by atoms with Crippen molar-refractivity contribution in [3.8, 4) is 0 Å². The van der Waals surface area contributed by atoms with E-state index in [0.717, 1.165) is 13.1 Å². The maximum atomic E-state index is 12.4. The molecule has 0 fully saturated rings. The Kier molecular flexibility index (Phi) is 3.31. The number of rotatable bonds is 2. The summed E-state index contributed by atoms with van der Waals surface area (Å²) >= 11 is 11.8. The molecular formula is C15H11Cl2NO. The minimum Gasteiger partial charge on any atom is -0.309 e. The molecule has 0 bridgehead atoms. The molecule has 96 valence electrons. The molecule has 0 aliphatic carbocycles. The third kappa shape index (κ3) is 2.39. The summed E-state index contributed by atoms with van der Waals surface area (Å²) in [7, 11) is 0. The lowest BCUT2D eigenvalue weighted by atomic mass is 9.99. The Bertz CT molecular complexity index is 667. The van der Waals surface area contributed by atoms with Gasteiger partial charge in [-0.15, -0.1) is 0 Å². The average Bonchev–Trinajstić information content (AvgIpc) is 2.88. The molecule has 0 atom stereocenters. The van der Waals surface area contributed by atoms with Crippen LogP contribution in [-0.2, 0) is 13.1 Å². The first kappa shape index (κ1) is 12.7. The third-order valence-electron chi connectivity index (χ3n) is 3.28. The summed E-state index contributed by atoms with van der Waals surface area (Å²) in [6.45, 7) is 1.69. The minimum absolute atomic E-state index is 0.0340. The number of nitrogens with one attached hydrogen (secondary N) is 1. The van der Waals surface area contributed by atoms with E-state index in [4.69, 9.17) is 23.2 Å². The Morgan fingerprint density at radius 3 is 2.37 bits per heavy atom. The van der Waals surface area contributed by atoms with Crippen molar-refractivity contribution in [3.05, 3.63) is 68.7 Å². The van der Waals surface area contributed by atoms with Crippen molar-refractivity contribution in [1.29, 1.82) is 0 Å². The van der Waals surface area contributed by atoms with Gasteiger partial charge in [0.1, 0.15) is 0 Å². The molecule has 1 aliphatic heterocycles. The van der Waals surface area contributed by atoms with E-state index in [2.05, 4.69) is 5.32 Å². The van der Waals surface area contributed by atoms with Crippen molar-refractivity contribution >= 4 is 29.0 Å². The summed E-state index contributed by atoms with van der Waals surface area (Å²) in [5, 5.41) is 4.11. The van der Waals surface area contributed by atoms with Crippen LogP contribution in [0.15, 0.2) is 36.4 Å². The molecular weight excluding hydrogens is 281 g/mol. The van der Waals surface area contributed by atoms with Gasteiger partial charge in [-0.3, -0.25) is 4.79 Å². The highest BCUT2D eigenvalue weighted by Gasteiger charge is 2.15. The minimum atomic E-state index is -0.0340. The van der Waals surface area contributed by atoms with Gasteiger partial charge >= 0.3 is 0 Å². The SMILES string of the molecule is O=C(c1ccc(Cl)c(Cl)c1)c1ccc2c(c1)CNC2. The summed E-state index contributed by atoms with van der Waals surface area (Å²) in [4.78, 5) is 12.4. The molecule has 0 radical (unpaired) electrons. The zero-order valence-electron chi connectivity index (χ0n) is 10.0. The molecule has 3 rings (SSSR count). The number of ketones is 1. The second-order valence-electron chi connectivity index (χ2n) is 4.55. The molecule has 4 heteroatoms. The number of fused-ring (bicyclic) bond motifs is 1. The van der Waals surface area contributed by atoms with Crippen molar-refractivity contribution in [2.45, 2.75) is 13.1 Å². The first-order valence-electron chi connectivity index (χ1n) is 5.97. The van der Waals surface area contributed by atoms with Crippen molar-refractivity contribution in [3.63, 3.8) is 0 Å². The van der Waals surface area contributed by atoms with Crippen LogP contribution in [0.1, 0.15) is 27.0 Å². The quantitative estimate of drug-likeness (QED) is 0.852. The predicted octanol–water partition coefficient (Wildman–Crippen LogP) is 3.83. The van der Waals surface area contributed by atoms with Gasteiger partial charge in [-0.05, 0) is 35.4 Å². The topological polar surface area (TPSA) is 29.1 Å². The first-order chi connectivity index (χ1) is 9.15. The van der Waals surface area contributed by atoms with Crippen LogP contribution in [0.4, 0.5) is 0 Å². The lowest BCUT2D eigenvalue weighted by Crippen LogP contribution is -2.02. The van der Waals surface area contributed by atoms with Gasteiger partial charge in [0.15, 0.2) is 5.78 Å².